The number of aliphatic hydroxyl groups is 1. The number of rotatable bonds is 7. The molecule has 5 nitrogen and oxygen atoms in total. The highest BCUT2D eigenvalue weighted by Crippen LogP contribution is 2.23. The molecule has 0 saturated carbocycles. The van der Waals surface area contributed by atoms with Gasteiger partial charge >= 0.3 is 6.03 Å². The Morgan fingerprint density at radius 2 is 1.76 bits per heavy atom. The molecule has 0 unspecified atom stereocenters. The van der Waals surface area contributed by atoms with Crippen LogP contribution in [-0.2, 0) is 0 Å². The van der Waals surface area contributed by atoms with Gasteiger partial charge in [-0.25, -0.2) is 4.79 Å². The molecule has 2 aromatic rings. The molecule has 0 radical (unpaired) electrons. The van der Waals surface area contributed by atoms with Gasteiger partial charge in [0.1, 0.15) is 0 Å². The lowest BCUT2D eigenvalue weighted by Gasteiger charge is -2.21. The highest BCUT2D eigenvalue weighted by atomic mass is 16.3. The van der Waals surface area contributed by atoms with Crippen molar-refractivity contribution in [2.24, 2.45) is 0 Å². The lowest BCUT2D eigenvalue weighted by atomic mass is 10.0. The summed E-state index contributed by atoms with van der Waals surface area (Å²) in [6.07, 6.45) is 0.832. The third kappa shape index (κ3) is 5.16. The molecule has 2 N–H and O–H groups in total. The van der Waals surface area contributed by atoms with Crippen LogP contribution in [0.4, 0.5) is 10.5 Å². The Morgan fingerprint density at radius 1 is 1.04 bits per heavy atom. The van der Waals surface area contributed by atoms with Gasteiger partial charge in [-0.3, -0.25) is 4.79 Å². The van der Waals surface area contributed by atoms with Crippen LogP contribution >= 0.6 is 0 Å². The molecular formula is C20H24N2O3. The largest absolute Gasteiger partial charge is 0.395 e. The average Bonchev–Trinajstić information content (AvgIpc) is 2.62. The smallest absolute Gasteiger partial charge is 0.321 e. The van der Waals surface area contributed by atoms with Crippen LogP contribution in [0, 0.1) is 0 Å². The van der Waals surface area contributed by atoms with E-state index >= 15 is 0 Å². The lowest BCUT2D eigenvalue weighted by molar-refractivity contribution is 0.101. The molecule has 25 heavy (non-hydrogen) atoms. The van der Waals surface area contributed by atoms with Gasteiger partial charge in [-0.05, 0) is 42.7 Å². The van der Waals surface area contributed by atoms with Gasteiger partial charge in [0.05, 0.1) is 6.61 Å². The molecule has 0 spiro atoms. The summed E-state index contributed by atoms with van der Waals surface area (Å²) < 4.78 is 0. The van der Waals surface area contributed by atoms with Crippen LogP contribution < -0.4 is 5.32 Å². The molecule has 132 valence electrons. The fraction of sp³-hybridized carbons (Fsp3) is 0.300. The zero-order chi connectivity index (χ0) is 18.2. The summed E-state index contributed by atoms with van der Waals surface area (Å²) in [6.45, 7) is 4.39. The maximum atomic E-state index is 12.2. The Morgan fingerprint density at radius 3 is 2.36 bits per heavy atom. The molecule has 5 heteroatoms. The standard InChI is InChI=1S/C20H24N2O3/c1-3-11-22(12-13-23)20(25)21-19-9-7-16(8-10-19)18-6-4-5-17(14-18)15(2)24/h4-10,14,23H,3,11-13H2,1-2H3,(H,21,25). The predicted octanol–water partition coefficient (Wildman–Crippen LogP) is 3.79. The van der Waals surface area contributed by atoms with Crippen LogP contribution in [0.3, 0.4) is 0 Å². The van der Waals surface area contributed by atoms with Crippen molar-refractivity contribution in [3.8, 4) is 11.1 Å². The second-order valence-corrected chi connectivity index (χ2v) is 5.86. The minimum absolute atomic E-state index is 0.0330. The van der Waals surface area contributed by atoms with E-state index < -0.39 is 0 Å². The summed E-state index contributed by atoms with van der Waals surface area (Å²) >= 11 is 0. The van der Waals surface area contributed by atoms with Crippen LogP contribution in [0.15, 0.2) is 48.5 Å². The van der Waals surface area contributed by atoms with E-state index in [0.29, 0.717) is 24.3 Å². The molecule has 2 aromatic carbocycles. The first-order chi connectivity index (χ1) is 12.0. The van der Waals surface area contributed by atoms with Crippen molar-refractivity contribution in [3.63, 3.8) is 0 Å². The summed E-state index contributed by atoms with van der Waals surface area (Å²) in [7, 11) is 0. The second kappa shape index (κ2) is 8.99. The number of urea groups is 1. The average molecular weight is 340 g/mol. The Kier molecular flexibility index (Phi) is 6.71. The first-order valence-electron chi connectivity index (χ1n) is 8.43. The monoisotopic (exact) mass is 340 g/mol. The molecule has 0 saturated heterocycles. The van der Waals surface area contributed by atoms with E-state index in [4.69, 9.17) is 5.11 Å². The quantitative estimate of drug-likeness (QED) is 0.753. The summed E-state index contributed by atoms with van der Waals surface area (Å²) in [5, 5.41) is 11.9. The molecule has 2 amide bonds. The van der Waals surface area contributed by atoms with Gasteiger partial charge < -0.3 is 15.3 Å². The van der Waals surface area contributed by atoms with Crippen LogP contribution in [0.1, 0.15) is 30.6 Å². The number of carbonyl (C=O) groups excluding carboxylic acids is 2. The van der Waals surface area contributed by atoms with Crippen LogP contribution in [0.5, 0.6) is 0 Å². The maximum Gasteiger partial charge on any atom is 0.321 e. The van der Waals surface area contributed by atoms with E-state index in [1.165, 1.54) is 0 Å². The number of hydrogen-bond donors (Lipinski definition) is 2. The number of aliphatic hydroxyl groups excluding tert-OH is 1. The molecule has 0 heterocycles. The number of benzene rings is 2. The highest BCUT2D eigenvalue weighted by Gasteiger charge is 2.12. The molecule has 0 bridgehead atoms. The minimum atomic E-state index is -0.220. The predicted molar refractivity (Wildman–Crippen MR) is 99.9 cm³/mol. The van der Waals surface area contributed by atoms with E-state index in [1.54, 1.807) is 17.9 Å². The van der Waals surface area contributed by atoms with E-state index in [-0.39, 0.29) is 18.4 Å². The molecule has 0 aromatic heterocycles. The number of Topliss-reactive ketones (excluding diaryl/α,β-unsaturated/α-hetero) is 1. The Hall–Kier alpha value is -2.66. The fourth-order valence-corrected chi connectivity index (χ4v) is 2.57. The lowest BCUT2D eigenvalue weighted by Crippen LogP contribution is -2.37. The molecule has 0 aliphatic heterocycles. The number of carbonyl (C=O) groups is 2. The van der Waals surface area contributed by atoms with Crippen LogP contribution in [0.2, 0.25) is 0 Å². The molecule has 0 atom stereocenters. The number of hydrogen-bond acceptors (Lipinski definition) is 3. The number of nitrogens with zero attached hydrogens (tertiary/aromatic N) is 1. The topological polar surface area (TPSA) is 69.6 Å². The molecule has 0 aliphatic rings. The number of nitrogens with one attached hydrogen (secondary N) is 1. The first-order valence-corrected chi connectivity index (χ1v) is 8.43. The Labute approximate surface area is 148 Å². The van der Waals surface area contributed by atoms with Gasteiger partial charge in [-0.15, -0.1) is 0 Å². The van der Waals surface area contributed by atoms with E-state index in [1.807, 2.05) is 49.4 Å². The van der Waals surface area contributed by atoms with Gasteiger partial charge in [0, 0.05) is 24.3 Å². The van der Waals surface area contributed by atoms with Crippen LogP contribution in [0.25, 0.3) is 11.1 Å². The van der Waals surface area contributed by atoms with Crippen molar-refractivity contribution in [2.45, 2.75) is 20.3 Å². The van der Waals surface area contributed by atoms with Crippen molar-refractivity contribution in [3.05, 3.63) is 54.1 Å². The van der Waals surface area contributed by atoms with Gasteiger partial charge in [-0.1, -0.05) is 37.3 Å². The zero-order valence-electron chi connectivity index (χ0n) is 14.7. The third-order valence-electron chi connectivity index (χ3n) is 3.89. The van der Waals surface area contributed by atoms with Gasteiger partial charge in [-0.2, -0.15) is 0 Å². The Bertz CT molecular complexity index is 720. The fourth-order valence-electron chi connectivity index (χ4n) is 2.57. The number of amides is 2. The highest BCUT2D eigenvalue weighted by molar-refractivity contribution is 5.95. The summed E-state index contributed by atoms with van der Waals surface area (Å²) in [5.74, 6) is 0.0330. The number of ketones is 1. The number of anilines is 1. The molecular weight excluding hydrogens is 316 g/mol. The summed E-state index contributed by atoms with van der Waals surface area (Å²) in [6, 6.07) is 14.7. The van der Waals surface area contributed by atoms with Crippen molar-refractivity contribution < 1.29 is 14.7 Å². The van der Waals surface area contributed by atoms with Crippen molar-refractivity contribution >= 4 is 17.5 Å². The van der Waals surface area contributed by atoms with Crippen molar-refractivity contribution in [2.75, 3.05) is 25.0 Å². The summed E-state index contributed by atoms with van der Waals surface area (Å²) in [4.78, 5) is 25.3. The van der Waals surface area contributed by atoms with Gasteiger partial charge in [0.15, 0.2) is 5.78 Å². The Balaban J connectivity index is 2.10. The third-order valence-corrected chi connectivity index (χ3v) is 3.89. The van der Waals surface area contributed by atoms with Gasteiger partial charge in [0.2, 0.25) is 0 Å². The molecule has 2 rings (SSSR count). The van der Waals surface area contributed by atoms with Crippen molar-refractivity contribution in [1.29, 1.82) is 0 Å². The van der Waals surface area contributed by atoms with Crippen molar-refractivity contribution in [1.82, 2.24) is 4.90 Å². The SMILES string of the molecule is CCCN(CCO)C(=O)Nc1ccc(-c2cccc(C(C)=O)c2)cc1. The zero-order valence-corrected chi connectivity index (χ0v) is 14.7. The van der Waals surface area contributed by atoms with E-state index in [2.05, 4.69) is 5.32 Å². The summed E-state index contributed by atoms with van der Waals surface area (Å²) in [5.41, 5.74) is 3.30. The second-order valence-electron chi connectivity index (χ2n) is 5.86. The molecule has 0 aliphatic carbocycles. The minimum Gasteiger partial charge on any atom is -0.395 e. The van der Waals surface area contributed by atoms with Crippen LogP contribution in [-0.4, -0.2) is 41.5 Å². The van der Waals surface area contributed by atoms with Gasteiger partial charge in [0.25, 0.3) is 0 Å². The normalized spacial score (nSPS) is 10.4. The maximum absolute atomic E-state index is 12.2. The molecule has 0 fully saturated rings. The first kappa shape index (κ1) is 18.7. The van der Waals surface area contributed by atoms with E-state index in [9.17, 15) is 9.59 Å². The van der Waals surface area contributed by atoms with E-state index in [0.717, 1.165) is 17.5 Å².